The number of carbonyl (C=O) groups is 2. The summed E-state index contributed by atoms with van der Waals surface area (Å²) >= 11 is 0. The van der Waals surface area contributed by atoms with Gasteiger partial charge in [0.25, 0.3) is 5.91 Å². The minimum atomic E-state index is -0.762. The van der Waals surface area contributed by atoms with Crippen LogP contribution in [0, 0.1) is 5.41 Å². The summed E-state index contributed by atoms with van der Waals surface area (Å²) in [5, 5.41) is 2.99. The predicted octanol–water partition coefficient (Wildman–Crippen LogP) is 3.31. The van der Waals surface area contributed by atoms with Crippen molar-refractivity contribution < 1.29 is 9.59 Å². The molecule has 1 aliphatic heterocycles. The maximum atomic E-state index is 13.5. The van der Waals surface area contributed by atoms with Crippen molar-refractivity contribution in [2.75, 3.05) is 19.6 Å². The third-order valence-corrected chi connectivity index (χ3v) is 6.07. The molecule has 168 valence electrons. The van der Waals surface area contributed by atoms with Gasteiger partial charge in [0.2, 0.25) is 5.91 Å². The van der Waals surface area contributed by atoms with Crippen LogP contribution in [0.4, 0.5) is 0 Å². The van der Waals surface area contributed by atoms with E-state index in [1.807, 2.05) is 24.3 Å². The van der Waals surface area contributed by atoms with E-state index in [0.29, 0.717) is 32.5 Å². The smallest absolute Gasteiger partial charge is 0.274 e. The Labute approximate surface area is 193 Å². The van der Waals surface area contributed by atoms with Crippen LogP contribution in [0.5, 0.6) is 0 Å². The summed E-state index contributed by atoms with van der Waals surface area (Å²) in [4.78, 5) is 40.7. The Morgan fingerprint density at radius 3 is 2.67 bits per heavy atom. The fourth-order valence-electron chi connectivity index (χ4n) is 4.49. The number of nitrogens with one attached hydrogen (secondary N) is 1. The highest BCUT2D eigenvalue weighted by atomic mass is 16.2. The number of hydrogen-bond acceptors (Lipinski definition) is 5. The summed E-state index contributed by atoms with van der Waals surface area (Å²) in [6.07, 6.45) is 11.6. The number of benzene rings is 1. The van der Waals surface area contributed by atoms with Crippen molar-refractivity contribution in [1.82, 2.24) is 25.2 Å². The molecule has 3 heterocycles. The number of pyridine rings is 1. The molecule has 1 atom stereocenters. The molecule has 1 aromatic carbocycles. The molecule has 0 bridgehead atoms. The summed E-state index contributed by atoms with van der Waals surface area (Å²) in [6.45, 7) is 5.00. The second kappa shape index (κ2) is 10.2. The van der Waals surface area contributed by atoms with E-state index in [9.17, 15) is 9.59 Å². The van der Waals surface area contributed by atoms with Crippen LogP contribution in [0.2, 0.25) is 0 Å². The van der Waals surface area contributed by atoms with Crippen LogP contribution in [0.3, 0.4) is 0 Å². The average molecular weight is 442 g/mol. The van der Waals surface area contributed by atoms with Crippen LogP contribution in [0.15, 0.2) is 80.0 Å². The highest BCUT2D eigenvalue weighted by Crippen LogP contribution is 2.37. The molecule has 0 radical (unpaired) electrons. The van der Waals surface area contributed by atoms with Crippen molar-refractivity contribution in [2.45, 2.75) is 19.3 Å². The van der Waals surface area contributed by atoms with Crippen molar-refractivity contribution in [3.8, 4) is 11.1 Å². The number of amides is 2. The van der Waals surface area contributed by atoms with E-state index in [4.69, 9.17) is 0 Å². The number of piperidine rings is 1. The summed E-state index contributed by atoms with van der Waals surface area (Å²) < 4.78 is 0. The molecule has 7 heteroatoms. The van der Waals surface area contributed by atoms with E-state index >= 15 is 0 Å². The Balaban J connectivity index is 1.68. The molecule has 3 aromatic rings. The highest BCUT2D eigenvalue weighted by Gasteiger charge is 2.44. The maximum absolute atomic E-state index is 13.5. The third kappa shape index (κ3) is 4.98. The largest absolute Gasteiger partial charge is 0.352 e. The molecule has 0 saturated carbocycles. The monoisotopic (exact) mass is 441 g/mol. The van der Waals surface area contributed by atoms with Crippen LogP contribution in [0.1, 0.15) is 28.9 Å². The van der Waals surface area contributed by atoms with Gasteiger partial charge < -0.3 is 10.2 Å². The summed E-state index contributed by atoms with van der Waals surface area (Å²) in [6, 6.07) is 12.0. The predicted molar refractivity (Wildman–Crippen MR) is 126 cm³/mol. The first kappa shape index (κ1) is 22.3. The van der Waals surface area contributed by atoms with Gasteiger partial charge in [-0.2, -0.15) is 0 Å². The van der Waals surface area contributed by atoms with Crippen molar-refractivity contribution >= 4 is 11.8 Å². The summed E-state index contributed by atoms with van der Waals surface area (Å²) in [5.74, 6) is -0.269. The number of carbonyl (C=O) groups excluding carboxylic acids is 2. The van der Waals surface area contributed by atoms with Crippen LogP contribution >= 0.6 is 0 Å². The topological polar surface area (TPSA) is 88.1 Å². The molecule has 0 spiro atoms. The molecule has 7 nitrogen and oxygen atoms in total. The number of aromatic nitrogens is 3. The van der Waals surface area contributed by atoms with E-state index in [1.165, 1.54) is 18.6 Å². The number of rotatable bonds is 7. The molecule has 0 unspecified atom stereocenters. The Morgan fingerprint density at radius 2 is 1.91 bits per heavy atom. The summed E-state index contributed by atoms with van der Waals surface area (Å²) in [7, 11) is 0. The Morgan fingerprint density at radius 1 is 1.09 bits per heavy atom. The van der Waals surface area contributed by atoms with Crippen molar-refractivity contribution in [1.29, 1.82) is 0 Å². The van der Waals surface area contributed by atoms with E-state index in [2.05, 4.69) is 39.0 Å². The van der Waals surface area contributed by atoms with E-state index in [0.717, 1.165) is 23.1 Å². The van der Waals surface area contributed by atoms with Gasteiger partial charge in [-0.1, -0.05) is 30.3 Å². The Kier molecular flexibility index (Phi) is 6.88. The summed E-state index contributed by atoms with van der Waals surface area (Å²) in [5.41, 5.74) is 2.70. The van der Waals surface area contributed by atoms with Gasteiger partial charge >= 0.3 is 0 Å². The standard InChI is InChI=1S/C26H27N5O2/c1-2-11-30-25(33)26(10-5-16-31(19-26)24(32)23-18-28-14-15-29-23)17-21-6-3-4-7-22(21)20-8-12-27-13-9-20/h2-4,6-9,12-15,18H,1,5,10-11,16-17,19H2,(H,30,33)/t26-/m1/s1. The number of likely N-dealkylation sites (tertiary alicyclic amines) is 1. The van der Waals surface area contributed by atoms with E-state index < -0.39 is 5.41 Å². The van der Waals surface area contributed by atoms with Crippen molar-refractivity contribution in [3.63, 3.8) is 0 Å². The number of nitrogens with zero attached hydrogens (tertiary/aromatic N) is 4. The lowest BCUT2D eigenvalue weighted by molar-refractivity contribution is -0.133. The second-order valence-corrected chi connectivity index (χ2v) is 8.27. The lowest BCUT2D eigenvalue weighted by Gasteiger charge is -2.42. The molecular formula is C26H27N5O2. The molecule has 33 heavy (non-hydrogen) atoms. The second-order valence-electron chi connectivity index (χ2n) is 8.27. The van der Waals surface area contributed by atoms with E-state index in [-0.39, 0.29) is 17.5 Å². The molecule has 2 aromatic heterocycles. The number of hydrogen-bond donors (Lipinski definition) is 1. The molecule has 2 amide bonds. The van der Waals surface area contributed by atoms with Crippen LogP contribution in [-0.4, -0.2) is 51.3 Å². The van der Waals surface area contributed by atoms with Gasteiger partial charge in [-0.15, -0.1) is 6.58 Å². The lowest BCUT2D eigenvalue weighted by atomic mass is 9.73. The minimum absolute atomic E-state index is 0.0661. The van der Waals surface area contributed by atoms with Gasteiger partial charge in [0.15, 0.2) is 0 Å². The minimum Gasteiger partial charge on any atom is -0.352 e. The first-order chi connectivity index (χ1) is 16.1. The molecular weight excluding hydrogens is 414 g/mol. The SMILES string of the molecule is C=CCNC(=O)[C@@]1(Cc2ccccc2-c2ccncc2)CCCN(C(=O)c2cnccn2)C1. The normalized spacial score (nSPS) is 17.9. The van der Waals surface area contributed by atoms with E-state index in [1.54, 1.807) is 23.4 Å². The Bertz CT molecular complexity index is 1120. The van der Waals surface area contributed by atoms with Gasteiger partial charge in [-0.05, 0) is 48.1 Å². The zero-order valence-electron chi connectivity index (χ0n) is 18.5. The van der Waals surface area contributed by atoms with Gasteiger partial charge in [0, 0.05) is 44.4 Å². The fourth-order valence-corrected chi connectivity index (χ4v) is 4.49. The Hall–Kier alpha value is -3.87. The first-order valence-electron chi connectivity index (χ1n) is 11.1. The zero-order chi connectivity index (χ0) is 23.1. The van der Waals surface area contributed by atoms with Crippen LogP contribution in [-0.2, 0) is 11.2 Å². The molecule has 4 rings (SSSR count). The van der Waals surface area contributed by atoms with Crippen LogP contribution < -0.4 is 5.32 Å². The first-order valence-corrected chi connectivity index (χ1v) is 11.1. The van der Waals surface area contributed by atoms with Crippen LogP contribution in [0.25, 0.3) is 11.1 Å². The lowest BCUT2D eigenvalue weighted by Crippen LogP contribution is -2.54. The quantitative estimate of drug-likeness (QED) is 0.569. The molecule has 0 aliphatic carbocycles. The van der Waals surface area contributed by atoms with Gasteiger partial charge in [0.1, 0.15) is 5.69 Å². The van der Waals surface area contributed by atoms with Crippen molar-refractivity contribution in [2.24, 2.45) is 5.41 Å². The molecule has 1 saturated heterocycles. The molecule has 1 aliphatic rings. The highest BCUT2D eigenvalue weighted by molar-refractivity contribution is 5.93. The van der Waals surface area contributed by atoms with Gasteiger partial charge in [-0.25, -0.2) is 4.98 Å². The van der Waals surface area contributed by atoms with Gasteiger partial charge in [-0.3, -0.25) is 19.6 Å². The third-order valence-electron chi connectivity index (χ3n) is 6.07. The fraction of sp³-hybridized carbons (Fsp3) is 0.269. The van der Waals surface area contributed by atoms with Gasteiger partial charge in [0.05, 0.1) is 11.6 Å². The zero-order valence-corrected chi connectivity index (χ0v) is 18.5. The van der Waals surface area contributed by atoms with Crippen molar-refractivity contribution in [3.05, 3.63) is 91.3 Å². The maximum Gasteiger partial charge on any atom is 0.274 e. The molecule has 1 N–H and O–H groups in total. The molecule has 1 fully saturated rings. The average Bonchev–Trinajstić information content (AvgIpc) is 2.88.